The van der Waals surface area contributed by atoms with Gasteiger partial charge in [-0.15, -0.1) is 11.6 Å². The number of ketones is 1. The molecule has 0 radical (unpaired) electrons. The lowest BCUT2D eigenvalue weighted by Gasteiger charge is -2.53. The van der Waals surface area contributed by atoms with E-state index in [-0.39, 0.29) is 17.8 Å². The fourth-order valence-corrected chi connectivity index (χ4v) is 6.34. The largest absolute Gasteiger partial charge is 0.459 e. The van der Waals surface area contributed by atoms with E-state index in [1.54, 1.807) is 13.8 Å². The Bertz CT molecular complexity index is 1050. The van der Waals surface area contributed by atoms with Crippen molar-refractivity contribution in [3.05, 3.63) is 24.3 Å². The average Bonchev–Trinajstić information content (AvgIpc) is 3.02. The lowest BCUT2D eigenvalue weighted by atomic mass is 9.56. The molecule has 0 spiro atoms. The van der Waals surface area contributed by atoms with Crippen LogP contribution in [0.3, 0.4) is 0 Å². The third kappa shape index (κ3) is 4.93. The Balaban J connectivity index is 2.39. The van der Waals surface area contributed by atoms with Gasteiger partial charge < -0.3 is 24.1 Å². The van der Waals surface area contributed by atoms with Crippen molar-refractivity contribution in [3.63, 3.8) is 0 Å². The average molecular weight is 541 g/mol. The Morgan fingerprint density at radius 3 is 2.14 bits per heavy atom. The zero-order valence-corrected chi connectivity index (χ0v) is 22.4. The minimum absolute atomic E-state index is 0.110. The molecule has 10 nitrogen and oxygen atoms in total. The number of allylic oxidation sites excluding steroid dienone is 1. The van der Waals surface area contributed by atoms with Gasteiger partial charge in [0.05, 0.1) is 11.3 Å². The number of fused-ring (bicyclic) bond motifs is 2. The smallest absolute Gasteiger partial charge is 0.312 e. The summed E-state index contributed by atoms with van der Waals surface area (Å²) in [4.78, 5) is 62.6. The highest BCUT2D eigenvalue weighted by Gasteiger charge is 2.68. The molecule has 37 heavy (non-hydrogen) atoms. The predicted octanol–water partition coefficient (Wildman–Crippen LogP) is 2.04. The number of aliphatic hydroxyl groups is 1. The summed E-state index contributed by atoms with van der Waals surface area (Å²) in [6, 6.07) is 0. The van der Waals surface area contributed by atoms with E-state index in [0.29, 0.717) is 0 Å². The number of alkyl halides is 1. The van der Waals surface area contributed by atoms with Gasteiger partial charge in [-0.05, 0) is 13.0 Å². The minimum Gasteiger partial charge on any atom is -0.459 e. The molecule has 1 aliphatic heterocycles. The summed E-state index contributed by atoms with van der Waals surface area (Å²) in [5.74, 6) is -6.42. The Morgan fingerprint density at radius 1 is 1.05 bits per heavy atom. The van der Waals surface area contributed by atoms with Crippen molar-refractivity contribution < 1.29 is 48.0 Å². The number of hydrogen-bond acceptors (Lipinski definition) is 10. The van der Waals surface area contributed by atoms with Crippen LogP contribution in [0.15, 0.2) is 24.3 Å². The van der Waals surface area contributed by atoms with Crippen molar-refractivity contribution in [3.8, 4) is 0 Å². The summed E-state index contributed by atoms with van der Waals surface area (Å²) in [6.45, 7) is 12.1. The Hall–Kier alpha value is -2.72. The van der Waals surface area contributed by atoms with Crippen LogP contribution in [0.5, 0.6) is 0 Å². The van der Waals surface area contributed by atoms with Gasteiger partial charge in [-0.25, -0.2) is 0 Å². The summed E-state index contributed by atoms with van der Waals surface area (Å²) < 4.78 is 22.6. The normalized spacial score (nSPS) is 41.7. The highest BCUT2D eigenvalue weighted by Crippen LogP contribution is 2.54. The van der Waals surface area contributed by atoms with Crippen molar-refractivity contribution in [2.75, 3.05) is 0 Å². The standard InChI is InChI=1S/C26H33ClO10/c1-11-10-18(34-14(4)28)21(35-15(5)29)25(7)9-8-17(31)12(2)19(25)22(36-16(6)30)26(33)13(3)24(32)37-23(26)20(11)27/h8-9,12-13,18-23,33H,1,10H2,2-7H3/t12-,13-,18-,19+,20-,21-,22?,23-,25-,26-/m0/s1. The monoisotopic (exact) mass is 540 g/mol. The van der Waals surface area contributed by atoms with Crippen molar-refractivity contribution in [1.82, 2.24) is 0 Å². The minimum atomic E-state index is -2.18. The highest BCUT2D eigenvalue weighted by atomic mass is 35.5. The van der Waals surface area contributed by atoms with E-state index in [1.807, 2.05) is 0 Å². The van der Waals surface area contributed by atoms with Gasteiger partial charge in [-0.3, -0.25) is 24.0 Å². The Morgan fingerprint density at radius 2 is 1.59 bits per heavy atom. The molecule has 0 amide bonds. The van der Waals surface area contributed by atoms with Crippen LogP contribution in [-0.2, 0) is 42.9 Å². The van der Waals surface area contributed by atoms with E-state index < -0.39 is 82.4 Å². The van der Waals surface area contributed by atoms with Gasteiger partial charge >= 0.3 is 23.9 Å². The second-order valence-corrected chi connectivity index (χ2v) is 10.8. The molecule has 11 heteroatoms. The number of halogens is 1. The van der Waals surface area contributed by atoms with E-state index >= 15 is 0 Å². The molecule has 1 heterocycles. The molecule has 3 rings (SSSR count). The summed E-state index contributed by atoms with van der Waals surface area (Å²) in [6.07, 6.45) is -2.54. The van der Waals surface area contributed by atoms with Gasteiger partial charge in [0, 0.05) is 44.4 Å². The van der Waals surface area contributed by atoms with Crippen LogP contribution < -0.4 is 0 Å². The molecule has 204 valence electrons. The second kappa shape index (κ2) is 10.2. The van der Waals surface area contributed by atoms with Crippen molar-refractivity contribution in [2.24, 2.45) is 23.2 Å². The molecular formula is C26H33ClO10. The number of hydrogen-bond donors (Lipinski definition) is 1. The molecule has 1 unspecified atom stereocenters. The van der Waals surface area contributed by atoms with Crippen LogP contribution in [0.25, 0.3) is 0 Å². The summed E-state index contributed by atoms with van der Waals surface area (Å²) in [7, 11) is 0. The van der Waals surface area contributed by atoms with Crippen LogP contribution in [0.4, 0.5) is 0 Å². The number of ether oxygens (including phenoxy) is 4. The lowest BCUT2D eigenvalue weighted by Crippen LogP contribution is -2.67. The maximum atomic E-state index is 13.0. The van der Waals surface area contributed by atoms with E-state index in [9.17, 15) is 29.1 Å². The topological polar surface area (TPSA) is 142 Å². The molecule has 1 saturated heterocycles. The first kappa shape index (κ1) is 28.8. The second-order valence-electron chi connectivity index (χ2n) is 10.4. The van der Waals surface area contributed by atoms with Crippen molar-refractivity contribution >= 4 is 41.3 Å². The van der Waals surface area contributed by atoms with Gasteiger partial charge in [0.25, 0.3) is 0 Å². The zero-order chi connectivity index (χ0) is 28.0. The molecule has 1 saturated carbocycles. The van der Waals surface area contributed by atoms with Gasteiger partial charge in [0.15, 0.2) is 17.5 Å². The first-order valence-corrected chi connectivity index (χ1v) is 12.5. The number of rotatable bonds is 3. The molecule has 1 N–H and O–H groups in total. The third-order valence-corrected chi connectivity index (χ3v) is 8.35. The van der Waals surface area contributed by atoms with Gasteiger partial charge in [-0.2, -0.15) is 0 Å². The van der Waals surface area contributed by atoms with E-state index in [0.717, 1.165) is 6.92 Å². The molecule has 10 atom stereocenters. The first-order valence-electron chi connectivity index (χ1n) is 12.0. The fraction of sp³-hybridized carbons (Fsp3) is 0.654. The van der Waals surface area contributed by atoms with Crippen molar-refractivity contribution in [2.45, 2.75) is 83.4 Å². The summed E-state index contributed by atoms with van der Waals surface area (Å²) in [5.41, 5.74) is -3.30. The zero-order valence-electron chi connectivity index (χ0n) is 21.7. The maximum absolute atomic E-state index is 13.0. The van der Waals surface area contributed by atoms with Crippen LogP contribution in [0.1, 0.15) is 48.0 Å². The first-order chi connectivity index (χ1) is 17.0. The molecular weight excluding hydrogens is 508 g/mol. The molecule has 2 fully saturated rings. The molecule has 0 aromatic heterocycles. The SMILES string of the molecule is C=C1C[C@H](OC(C)=O)[C@H](OC(C)=O)[C@@]2(C)C=CC(=O)[C@H](C)[C@@H]2C(OC(C)=O)[C@@]2(O)[C@@H](C)C(=O)O[C@H]2[C@H]1Cl. The van der Waals surface area contributed by atoms with Crippen LogP contribution >= 0.6 is 11.6 Å². The van der Waals surface area contributed by atoms with Gasteiger partial charge in [0.2, 0.25) is 0 Å². The number of carbonyl (C=O) groups excluding carboxylic acids is 5. The van der Waals surface area contributed by atoms with E-state index in [2.05, 4.69) is 6.58 Å². The molecule has 0 aromatic carbocycles. The van der Waals surface area contributed by atoms with E-state index in [1.165, 1.54) is 32.9 Å². The summed E-state index contributed by atoms with van der Waals surface area (Å²) in [5, 5.41) is 11.0. The lowest BCUT2D eigenvalue weighted by molar-refractivity contribution is -0.217. The van der Waals surface area contributed by atoms with Crippen molar-refractivity contribution in [1.29, 1.82) is 0 Å². The number of carbonyl (C=O) groups is 5. The maximum Gasteiger partial charge on any atom is 0.312 e. The summed E-state index contributed by atoms with van der Waals surface area (Å²) >= 11 is 6.72. The molecule has 2 aliphatic carbocycles. The van der Waals surface area contributed by atoms with E-state index in [4.69, 9.17) is 30.5 Å². The Kier molecular flexibility index (Phi) is 7.96. The van der Waals surface area contributed by atoms with Crippen LogP contribution in [0.2, 0.25) is 0 Å². The molecule has 3 aliphatic rings. The third-order valence-electron chi connectivity index (χ3n) is 7.81. The quantitative estimate of drug-likeness (QED) is 0.244. The van der Waals surface area contributed by atoms with Crippen LogP contribution in [-0.4, -0.2) is 70.2 Å². The number of esters is 4. The fourth-order valence-electron chi connectivity index (χ4n) is 6.00. The Labute approximate surface area is 220 Å². The van der Waals surface area contributed by atoms with Crippen LogP contribution in [0, 0.1) is 23.2 Å². The molecule has 0 bridgehead atoms. The highest BCUT2D eigenvalue weighted by molar-refractivity contribution is 6.23. The van der Waals surface area contributed by atoms with Gasteiger partial charge in [0.1, 0.15) is 18.3 Å². The predicted molar refractivity (Wildman–Crippen MR) is 129 cm³/mol. The molecule has 0 aromatic rings. The van der Waals surface area contributed by atoms with Gasteiger partial charge in [-0.1, -0.05) is 32.1 Å².